The monoisotopic (exact) mass is 408 g/mol. The highest BCUT2D eigenvalue weighted by Gasteiger charge is 2.26. The summed E-state index contributed by atoms with van der Waals surface area (Å²) < 4.78 is 13.2. The smallest absolute Gasteiger partial charge is 0.233 e. The first-order valence-corrected chi connectivity index (χ1v) is 11.5. The lowest BCUT2D eigenvalue weighted by Gasteiger charge is -2.36. The Kier molecular flexibility index (Phi) is 5.91. The van der Waals surface area contributed by atoms with E-state index in [1.807, 2.05) is 18.5 Å². The van der Waals surface area contributed by atoms with Gasteiger partial charge in [-0.15, -0.1) is 0 Å². The first-order chi connectivity index (χ1) is 14.8. The van der Waals surface area contributed by atoms with Gasteiger partial charge in [0.25, 0.3) is 0 Å². The maximum atomic E-state index is 12.6. The zero-order valence-electron chi connectivity index (χ0n) is 17.7. The fourth-order valence-corrected chi connectivity index (χ4v) is 4.91. The van der Waals surface area contributed by atoms with Crippen LogP contribution >= 0.6 is 0 Å². The molecule has 0 amide bonds. The lowest BCUT2D eigenvalue weighted by Crippen LogP contribution is -2.41. The SMILES string of the molecule is O=C(C1CCOCC1)n1ccc(COc2ccc3c(c2)CCN(C2CCC2)CC3)c1. The number of ether oxygens (including phenoxy) is 2. The van der Waals surface area contributed by atoms with Crippen LogP contribution in [-0.4, -0.2) is 47.7 Å². The van der Waals surface area contributed by atoms with Crippen LogP contribution in [0.5, 0.6) is 5.75 Å². The largest absolute Gasteiger partial charge is 0.489 e. The second-order valence-corrected chi connectivity index (χ2v) is 8.99. The van der Waals surface area contributed by atoms with Gasteiger partial charge in [0.15, 0.2) is 0 Å². The lowest BCUT2D eigenvalue weighted by molar-refractivity contribution is 0.0486. The van der Waals surface area contributed by atoms with Gasteiger partial charge in [0, 0.05) is 56.2 Å². The predicted molar refractivity (Wildman–Crippen MR) is 116 cm³/mol. The Balaban J connectivity index is 1.18. The Morgan fingerprint density at radius 3 is 2.60 bits per heavy atom. The molecule has 0 radical (unpaired) electrons. The van der Waals surface area contributed by atoms with Crippen LogP contribution in [0.1, 0.15) is 53.6 Å². The maximum absolute atomic E-state index is 12.6. The summed E-state index contributed by atoms with van der Waals surface area (Å²) in [5.41, 5.74) is 3.93. The fraction of sp³-hybridized carbons (Fsp3) is 0.560. The van der Waals surface area contributed by atoms with Crippen LogP contribution in [0.3, 0.4) is 0 Å². The summed E-state index contributed by atoms with van der Waals surface area (Å²) in [7, 11) is 0. The Bertz CT molecular complexity index is 880. The molecule has 5 nitrogen and oxygen atoms in total. The third-order valence-corrected chi connectivity index (χ3v) is 7.09. The minimum absolute atomic E-state index is 0.0731. The van der Waals surface area contributed by atoms with Crippen molar-refractivity contribution in [2.75, 3.05) is 26.3 Å². The van der Waals surface area contributed by atoms with Gasteiger partial charge in [-0.25, -0.2) is 0 Å². The first kappa shape index (κ1) is 19.8. The van der Waals surface area contributed by atoms with Gasteiger partial charge in [0.1, 0.15) is 12.4 Å². The average Bonchev–Trinajstić information content (AvgIpc) is 3.13. The molecular weight excluding hydrogens is 376 g/mol. The van der Waals surface area contributed by atoms with Crippen LogP contribution in [0.2, 0.25) is 0 Å². The second-order valence-electron chi connectivity index (χ2n) is 8.99. The molecule has 3 heterocycles. The van der Waals surface area contributed by atoms with E-state index in [9.17, 15) is 4.79 Å². The van der Waals surface area contributed by atoms with Crippen molar-refractivity contribution in [3.05, 3.63) is 53.3 Å². The van der Waals surface area contributed by atoms with Crippen molar-refractivity contribution in [1.82, 2.24) is 9.47 Å². The van der Waals surface area contributed by atoms with Gasteiger partial charge in [-0.1, -0.05) is 12.5 Å². The first-order valence-electron chi connectivity index (χ1n) is 11.5. The van der Waals surface area contributed by atoms with Gasteiger partial charge in [0.05, 0.1) is 0 Å². The number of hydrogen-bond acceptors (Lipinski definition) is 4. The Labute approximate surface area is 179 Å². The number of hydrogen-bond donors (Lipinski definition) is 0. The summed E-state index contributed by atoms with van der Waals surface area (Å²) in [6, 6.07) is 9.38. The van der Waals surface area contributed by atoms with Gasteiger partial charge in [0.2, 0.25) is 5.91 Å². The number of fused-ring (bicyclic) bond motifs is 1. The Morgan fingerprint density at radius 1 is 1.03 bits per heavy atom. The van der Waals surface area contributed by atoms with Crippen molar-refractivity contribution >= 4 is 5.91 Å². The molecule has 0 atom stereocenters. The van der Waals surface area contributed by atoms with Gasteiger partial charge in [-0.3, -0.25) is 14.3 Å². The van der Waals surface area contributed by atoms with E-state index in [0.717, 1.165) is 49.6 Å². The van der Waals surface area contributed by atoms with E-state index in [4.69, 9.17) is 9.47 Å². The van der Waals surface area contributed by atoms with Gasteiger partial charge >= 0.3 is 0 Å². The number of rotatable bonds is 5. The molecule has 3 aliphatic rings. The number of aromatic nitrogens is 1. The van der Waals surface area contributed by atoms with Crippen molar-refractivity contribution in [1.29, 1.82) is 0 Å². The molecule has 1 saturated heterocycles. The molecule has 1 aliphatic carbocycles. The van der Waals surface area contributed by atoms with Crippen molar-refractivity contribution in [2.24, 2.45) is 5.92 Å². The quantitative estimate of drug-likeness (QED) is 0.748. The average molecular weight is 409 g/mol. The van der Waals surface area contributed by atoms with Crippen LogP contribution < -0.4 is 4.74 Å². The molecule has 1 saturated carbocycles. The van der Waals surface area contributed by atoms with E-state index in [-0.39, 0.29) is 11.8 Å². The summed E-state index contributed by atoms with van der Waals surface area (Å²) in [5.74, 6) is 1.17. The minimum atomic E-state index is 0.0731. The third kappa shape index (κ3) is 4.33. The molecular formula is C25H32N2O3. The Hall–Kier alpha value is -2.11. The minimum Gasteiger partial charge on any atom is -0.489 e. The van der Waals surface area contributed by atoms with E-state index in [1.54, 1.807) is 4.57 Å². The van der Waals surface area contributed by atoms with Crippen molar-refractivity contribution in [3.8, 4) is 5.75 Å². The molecule has 1 aromatic heterocycles. The summed E-state index contributed by atoms with van der Waals surface area (Å²) in [4.78, 5) is 15.3. The summed E-state index contributed by atoms with van der Waals surface area (Å²) in [6.07, 6.45) is 11.8. The lowest BCUT2D eigenvalue weighted by atomic mass is 9.91. The molecule has 0 N–H and O–H groups in total. The summed E-state index contributed by atoms with van der Waals surface area (Å²) in [5, 5.41) is 0. The normalized spacial score (nSPS) is 20.9. The maximum Gasteiger partial charge on any atom is 0.233 e. The molecule has 2 aromatic rings. The van der Waals surface area contributed by atoms with E-state index in [0.29, 0.717) is 19.8 Å². The highest BCUT2D eigenvalue weighted by molar-refractivity contribution is 5.81. The molecule has 2 fully saturated rings. The molecule has 2 aliphatic heterocycles. The van der Waals surface area contributed by atoms with Crippen LogP contribution in [-0.2, 0) is 24.2 Å². The molecule has 5 heteroatoms. The summed E-state index contributed by atoms with van der Waals surface area (Å²) in [6.45, 7) is 4.21. The highest BCUT2D eigenvalue weighted by atomic mass is 16.5. The van der Waals surface area contributed by atoms with Gasteiger partial charge in [-0.05, 0) is 67.9 Å². The van der Waals surface area contributed by atoms with Gasteiger partial charge in [-0.2, -0.15) is 0 Å². The number of carbonyl (C=O) groups is 1. The second kappa shape index (κ2) is 8.94. The number of carbonyl (C=O) groups excluding carboxylic acids is 1. The topological polar surface area (TPSA) is 43.7 Å². The summed E-state index contributed by atoms with van der Waals surface area (Å²) >= 11 is 0. The van der Waals surface area contributed by atoms with E-state index in [2.05, 4.69) is 23.1 Å². The number of benzene rings is 1. The molecule has 0 spiro atoms. The van der Waals surface area contributed by atoms with Crippen molar-refractivity contribution < 1.29 is 14.3 Å². The van der Waals surface area contributed by atoms with Crippen molar-refractivity contribution in [2.45, 2.75) is 57.6 Å². The predicted octanol–water partition coefficient (Wildman–Crippen LogP) is 4.09. The fourth-order valence-electron chi connectivity index (χ4n) is 4.91. The molecule has 0 unspecified atom stereocenters. The number of nitrogens with zero attached hydrogens (tertiary/aromatic N) is 2. The zero-order valence-corrected chi connectivity index (χ0v) is 17.7. The van der Waals surface area contributed by atoms with Crippen molar-refractivity contribution in [3.63, 3.8) is 0 Å². The standard InChI is InChI=1S/C25H32N2O3/c28-25(21-9-14-29-15-10-21)27-11-6-19(17-27)18-30-24-5-4-20-7-12-26(23-2-1-3-23)13-8-22(20)16-24/h4-6,11,16-17,21,23H,1-3,7-10,12-15,18H2. The molecule has 30 heavy (non-hydrogen) atoms. The van der Waals surface area contributed by atoms with E-state index in [1.165, 1.54) is 36.9 Å². The van der Waals surface area contributed by atoms with Gasteiger partial charge < -0.3 is 9.47 Å². The van der Waals surface area contributed by atoms with Crippen LogP contribution in [0.15, 0.2) is 36.7 Å². The zero-order chi connectivity index (χ0) is 20.3. The van der Waals surface area contributed by atoms with E-state index >= 15 is 0 Å². The highest BCUT2D eigenvalue weighted by Crippen LogP contribution is 2.29. The van der Waals surface area contributed by atoms with Crippen LogP contribution in [0.4, 0.5) is 0 Å². The van der Waals surface area contributed by atoms with E-state index < -0.39 is 0 Å². The third-order valence-electron chi connectivity index (χ3n) is 7.09. The molecule has 1 aromatic carbocycles. The molecule has 5 rings (SSSR count). The molecule has 160 valence electrons. The molecule has 0 bridgehead atoms. The van der Waals surface area contributed by atoms with Crippen LogP contribution in [0.25, 0.3) is 0 Å². The Morgan fingerprint density at radius 2 is 1.83 bits per heavy atom. The van der Waals surface area contributed by atoms with Crippen LogP contribution in [0, 0.1) is 5.92 Å².